The monoisotopic (exact) mass is 307 g/mol. The van der Waals surface area contributed by atoms with Gasteiger partial charge in [0.2, 0.25) is 5.91 Å². The maximum atomic E-state index is 12.3. The van der Waals surface area contributed by atoms with Crippen LogP contribution in [0.3, 0.4) is 0 Å². The number of rotatable bonds is 6. The molecular weight excluding hydrogens is 282 g/mol. The molecule has 1 saturated heterocycles. The van der Waals surface area contributed by atoms with Crippen LogP contribution in [0.2, 0.25) is 0 Å². The number of hydrogen-bond donors (Lipinski definition) is 1. The van der Waals surface area contributed by atoms with Crippen LogP contribution in [0.4, 0.5) is 0 Å². The Morgan fingerprint density at radius 1 is 1.38 bits per heavy atom. The lowest BCUT2D eigenvalue weighted by atomic mass is 10.0. The normalized spacial score (nSPS) is 20.3. The molecule has 116 valence electrons. The standard InChI is InChI=1S/C17H25NO2S/c1-2-15-10-6-7-11-18(15)17(20)13-21-12-16(19)14-8-4-3-5-9-14/h3-5,8-9,15-16,19H,2,6-7,10-13H2,1H3. The highest BCUT2D eigenvalue weighted by molar-refractivity contribution is 7.99. The minimum absolute atomic E-state index is 0.229. The molecular formula is C17H25NO2S. The third kappa shape index (κ3) is 4.75. The molecule has 3 nitrogen and oxygen atoms in total. The highest BCUT2D eigenvalue weighted by Crippen LogP contribution is 2.22. The number of benzene rings is 1. The molecule has 4 heteroatoms. The third-order valence-electron chi connectivity index (χ3n) is 4.10. The van der Waals surface area contributed by atoms with Crippen molar-refractivity contribution in [3.05, 3.63) is 35.9 Å². The predicted octanol–water partition coefficient (Wildman–Crippen LogP) is 3.24. The van der Waals surface area contributed by atoms with Crippen molar-refractivity contribution in [2.45, 2.75) is 44.8 Å². The number of amides is 1. The van der Waals surface area contributed by atoms with E-state index >= 15 is 0 Å². The van der Waals surface area contributed by atoms with Gasteiger partial charge in [0.1, 0.15) is 0 Å². The molecule has 21 heavy (non-hydrogen) atoms. The first kappa shape index (κ1) is 16.4. The van der Waals surface area contributed by atoms with Crippen molar-refractivity contribution in [3.63, 3.8) is 0 Å². The van der Waals surface area contributed by atoms with Gasteiger partial charge in [-0.1, -0.05) is 37.3 Å². The summed E-state index contributed by atoms with van der Waals surface area (Å²) in [5.41, 5.74) is 0.918. The molecule has 0 aromatic heterocycles. The molecule has 1 amide bonds. The molecule has 1 aromatic carbocycles. The lowest BCUT2D eigenvalue weighted by molar-refractivity contribution is -0.132. The quantitative estimate of drug-likeness (QED) is 0.877. The van der Waals surface area contributed by atoms with Crippen molar-refractivity contribution in [1.82, 2.24) is 4.90 Å². The fourth-order valence-corrected chi connectivity index (χ4v) is 3.74. The average Bonchev–Trinajstić information content (AvgIpc) is 2.55. The van der Waals surface area contributed by atoms with Gasteiger partial charge in [-0.3, -0.25) is 4.79 Å². The lowest BCUT2D eigenvalue weighted by Crippen LogP contribution is -2.44. The average molecular weight is 307 g/mol. The largest absolute Gasteiger partial charge is 0.388 e. The summed E-state index contributed by atoms with van der Waals surface area (Å²) >= 11 is 1.53. The number of aliphatic hydroxyl groups is 1. The Hall–Kier alpha value is -1.00. The Balaban J connectivity index is 1.76. The Morgan fingerprint density at radius 2 is 2.14 bits per heavy atom. The topological polar surface area (TPSA) is 40.5 Å². The molecule has 1 N–H and O–H groups in total. The van der Waals surface area contributed by atoms with Crippen molar-refractivity contribution in [1.29, 1.82) is 0 Å². The number of thioether (sulfide) groups is 1. The third-order valence-corrected chi connectivity index (χ3v) is 5.11. The summed E-state index contributed by atoms with van der Waals surface area (Å²) in [4.78, 5) is 14.4. The molecule has 2 rings (SSSR count). The highest BCUT2D eigenvalue weighted by atomic mass is 32.2. The van der Waals surface area contributed by atoms with Crippen molar-refractivity contribution >= 4 is 17.7 Å². The Kier molecular flexibility index (Phi) is 6.58. The zero-order chi connectivity index (χ0) is 15.1. The predicted molar refractivity (Wildman–Crippen MR) is 88.4 cm³/mol. The molecule has 1 heterocycles. The Bertz CT molecular complexity index is 438. The van der Waals surface area contributed by atoms with Crippen molar-refractivity contribution in [3.8, 4) is 0 Å². The zero-order valence-corrected chi connectivity index (χ0v) is 13.5. The van der Waals surface area contributed by atoms with Gasteiger partial charge in [0.15, 0.2) is 0 Å². The van der Waals surface area contributed by atoms with Crippen LogP contribution in [-0.2, 0) is 4.79 Å². The van der Waals surface area contributed by atoms with Gasteiger partial charge in [-0.2, -0.15) is 0 Å². The number of aliphatic hydroxyl groups excluding tert-OH is 1. The van der Waals surface area contributed by atoms with E-state index in [1.54, 1.807) is 0 Å². The SMILES string of the molecule is CCC1CCCCN1C(=O)CSCC(O)c1ccccc1. The van der Waals surface area contributed by atoms with E-state index in [-0.39, 0.29) is 5.91 Å². The molecule has 0 radical (unpaired) electrons. The highest BCUT2D eigenvalue weighted by Gasteiger charge is 2.25. The number of carbonyl (C=O) groups is 1. The van der Waals surface area contributed by atoms with Crippen LogP contribution in [-0.4, -0.2) is 40.0 Å². The van der Waals surface area contributed by atoms with Crippen LogP contribution in [0.5, 0.6) is 0 Å². The first-order chi connectivity index (χ1) is 10.2. The van der Waals surface area contributed by atoms with Gasteiger partial charge >= 0.3 is 0 Å². The second-order valence-corrected chi connectivity index (χ2v) is 6.62. The van der Waals surface area contributed by atoms with Crippen molar-refractivity contribution in [2.24, 2.45) is 0 Å². The van der Waals surface area contributed by atoms with E-state index < -0.39 is 6.10 Å². The number of piperidine rings is 1. The van der Waals surface area contributed by atoms with E-state index in [9.17, 15) is 9.90 Å². The first-order valence-electron chi connectivity index (χ1n) is 7.82. The van der Waals surface area contributed by atoms with Crippen LogP contribution in [0.15, 0.2) is 30.3 Å². The number of hydrogen-bond acceptors (Lipinski definition) is 3. The van der Waals surface area contributed by atoms with E-state index in [0.29, 0.717) is 17.5 Å². The fraction of sp³-hybridized carbons (Fsp3) is 0.588. The molecule has 2 atom stereocenters. The lowest BCUT2D eigenvalue weighted by Gasteiger charge is -2.35. The molecule has 1 aliphatic heterocycles. The molecule has 1 aliphatic rings. The fourth-order valence-electron chi connectivity index (χ4n) is 2.87. The molecule has 1 aromatic rings. The van der Waals surface area contributed by atoms with Crippen molar-refractivity contribution in [2.75, 3.05) is 18.1 Å². The summed E-state index contributed by atoms with van der Waals surface area (Å²) in [5.74, 6) is 1.27. The second-order valence-electron chi connectivity index (χ2n) is 5.59. The minimum Gasteiger partial charge on any atom is -0.388 e. The van der Waals surface area contributed by atoms with Crippen LogP contribution >= 0.6 is 11.8 Å². The van der Waals surface area contributed by atoms with Gasteiger partial charge in [0, 0.05) is 18.3 Å². The molecule has 0 spiro atoms. The smallest absolute Gasteiger partial charge is 0.232 e. The van der Waals surface area contributed by atoms with Gasteiger partial charge in [-0.25, -0.2) is 0 Å². The molecule has 1 fully saturated rings. The van der Waals surface area contributed by atoms with E-state index in [1.807, 2.05) is 35.2 Å². The van der Waals surface area contributed by atoms with E-state index in [4.69, 9.17) is 0 Å². The zero-order valence-electron chi connectivity index (χ0n) is 12.7. The summed E-state index contributed by atoms with van der Waals surface area (Å²) < 4.78 is 0. The van der Waals surface area contributed by atoms with Gasteiger partial charge < -0.3 is 10.0 Å². The van der Waals surface area contributed by atoms with Crippen molar-refractivity contribution < 1.29 is 9.90 Å². The van der Waals surface area contributed by atoms with Crippen LogP contribution < -0.4 is 0 Å². The maximum Gasteiger partial charge on any atom is 0.232 e. The first-order valence-corrected chi connectivity index (χ1v) is 8.98. The summed E-state index contributed by atoms with van der Waals surface area (Å²) in [6.07, 6.45) is 4.05. The van der Waals surface area contributed by atoms with Gasteiger partial charge in [0.05, 0.1) is 11.9 Å². The summed E-state index contributed by atoms with van der Waals surface area (Å²) in [5, 5.41) is 10.1. The number of nitrogens with zero attached hydrogens (tertiary/aromatic N) is 1. The molecule has 0 saturated carbocycles. The van der Waals surface area contributed by atoms with Gasteiger partial charge in [-0.15, -0.1) is 11.8 Å². The Labute approximate surface area is 131 Å². The number of likely N-dealkylation sites (tertiary alicyclic amines) is 1. The number of carbonyl (C=O) groups excluding carboxylic acids is 1. The van der Waals surface area contributed by atoms with E-state index in [0.717, 1.165) is 31.4 Å². The summed E-state index contributed by atoms with van der Waals surface area (Å²) in [6.45, 7) is 3.06. The summed E-state index contributed by atoms with van der Waals surface area (Å²) in [7, 11) is 0. The van der Waals surface area contributed by atoms with Gasteiger partial charge in [0.25, 0.3) is 0 Å². The van der Waals surface area contributed by atoms with Gasteiger partial charge in [-0.05, 0) is 31.2 Å². The minimum atomic E-state index is -0.493. The second kappa shape index (κ2) is 8.44. The molecule has 2 unspecified atom stereocenters. The van der Waals surface area contributed by atoms with E-state index in [2.05, 4.69) is 6.92 Å². The van der Waals surface area contributed by atoms with Crippen LogP contribution in [0.1, 0.15) is 44.3 Å². The maximum absolute atomic E-state index is 12.3. The molecule has 0 bridgehead atoms. The Morgan fingerprint density at radius 3 is 2.86 bits per heavy atom. The summed E-state index contributed by atoms with van der Waals surface area (Å²) in [6, 6.07) is 10.1. The van der Waals surface area contributed by atoms with Crippen LogP contribution in [0.25, 0.3) is 0 Å². The molecule has 0 aliphatic carbocycles. The van der Waals surface area contributed by atoms with E-state index in [1.165, 1.54) is 18.2 Å². The van der Waals surface area contributed by atoms with Crippen LogP contribution in [0, 0.1) is 0 Å².